The summed E-state index contributed by atoms with van der Waals surface area (Å²) >= 11 is 0. The Morgan fingerprint density at radius 2 is 1.56 bits per heavy atom. The second-order valence-corrected chi connectivity index (χ2v) is 8.79. The van der Waals surface area contributed by atoms with Crippen LogP contribution < -0.4 is 9.80 Å². The number of benzene rings is 4. The predicted octanol–water partition coefficient (Wildman–Crippen LogP) is 5.51. The highest BCUT2D eigenvalue weighted by Crippen LogP contribution is 2.44. The first kappa shape index (κ1) is 19.1. The fourth-order valence-electron chi connectivity index (χ4n) is 5.36. The van der Waals surface area contributed by atoms with Crippen molar-refractivity contribution in [3.05, 3.63) is 95.1 Å². The zero-order valence-corrected chi connectivity index (χ0v) is 18.3. The fraction of sp³-hybridized carbons (Fsp3) is 0.179. The van der Waals surface area contributed by atoms with Gasteiger partial charge >= 0.3 is 0 Å². The quantitative estimate of drug-likeness (QED) is 0.333. The van der Waals surface area contributed by atoms with Crippen molar-refractivity contribution >= 4 is 28.1 Å². The molecule has 158 valence electrons. The molecule has 2 N–H and O–H groups in total. The Balaban J connectivity index is 1.35. The van der Waals surface area contributed by atoms with Gasteiger partial charge in [0, 0.05) is 25.2 Å². The third-order valence-corrected chi connectivity index (χ3v) is 7.11. The van der Waals surface area contributed by atoms with Crippen molar-refractivity contribution in [3.63, 3.8) is 0 Å². The van der Waals surface area contributed by atoms with Gasteiger partial charge in [-0.05, 0) is 69.8 Å². The summed E-state index contributed by atoms with van der Waals surface area (Å²) in [6.07, 6.45) is 1.56. The van der Waals surface area contributed by atoms with Crippen molar-refractivity contribution in [1.82, 2.24) is 0 Å². The van der Waals surface area contributed by atoms with E-state index in [-0.39, 0.29) is 0 Å². The number of aryl methyl sites for hydroxylation is 2. The van der Waals surface area contributed by atoms with Gasteiger partial charge in [-0.25, -0.2) is 0 Å². The minimum Gasteiger partial charge on any atom is -0.384 e. The van der Waals surface area contributed by atoms with Crippen molar-refractivity contribution in [2.45, 2.75) is 18.9 Å². The number of hydrogen-bond donors (Lipinski definition) is 2. The van der Waals surface area contributed by atoms with Gasteiger partial charge in [0.25, 0.3) is 0 Å². The van der Waals surface area contributed by atoms with E-state index in [4.69, 9.17) is 5.41 Å². The standard InChI is InChI=1S/C28H25N3O/c1-30(19-13-14-21-20-7-3-4-8-22(20)27(32)24(21)16-19)28(29)31(2)25-15-12-18-11-10-17-6-5-9-23(25)26(17)18/h3-9,12-16,27,29,32H,10-11H2,1-2H3. The van der Waals surface area contributed by atoms with Crippen LogP contribution in [0.5, 0.6) is 0 Å². The Labute approximate surface area is 187 Å². The van der Waals surface area contributed by atoms with E-state index in [1.54, 1.807) is 0 Å². The van der Waals surface area contributed by atoms with Crippen LogP contribution in [0, 0.1) is 5.41 Å². The highest BCUT2D eigenvalue weighted by Gasteiger charge is 2.28. The van der Waals surface area contributed by atoms with E-state index < -0.39 is 6.10 Å². The molecule has 0 heterocycles. The summed E-state index contributed by atoms with van der Waals surface area (Å²) < 4.78 is 0. The molecule has 0 saturated carbocycles. The van der Waals surface area contributed by atoms with E-state index in [1.807, 2.05) is 54.2 Å². The van der Waals surface area contributed by atoms with Crippen LogP contribution in [0.3, 0.4) is 0 Å². The first-order chi connectivity index (χ1) is 15.5. The molecule has 0 aromatic heterocycles. The molecule has 0 aliphatic heterocycles. The van der Waals surface area contributed by atoms with Crippen LogP contribution in [-0.2, 0) is 12.8 Å². The number of rotatable bonds is 2. The number of anilines is 2. The molecular formula is C28H25N3O. The zero-order valence-electron chi connectivity index (χ0n) is 18.3. The molecule has 0 amide bonds. The normalized spacial score (nSPS) is 15.5. The smallest absolute Gasteiger partial charge is 0.202 e. The van der Waals surface area contributed by atoms with Crippen molar-refractivity contribution in [2.24, 2.45) is 0 Å². The Morgan fingerprint density at radius 1 is 0.812 bits per heavy atom. The minimum atomic E-state index is -0.627. The van der Waals surface area contributed by atoms with E-state index in [0.717, 1.165) is 46.5 Å². The first-order valence-electron chi connectivity index (χ1n) is 11.1. The maximum absolute atomic E-state index is 10.9. The van der Waals surface area contributed by atoms with Gasteiger partial charge in [0.2, 0.25) is 5.96 Å². The summed E-state index contributed by atoms with van der Waals surface area (Å²) in [6.45, 7) is 0. The van der Waals surface area contributed by atoms with Crippen LogP contribution >= 0.6 is 0 Å². The first-order valence-corrected chi connectivity index (χ1v) is 11.1. The lowest BCUT2D eigenvalue weighted by atomic mass is 10.0. The topological polar surface area (TPSA) is 50.6 Å². The van der Waals surface area contributed by atoms with Crippen molar-refractivity contribution < 1.29 is 5.11 Å². The molecule has 4 aromatic carbocycles. The SMILES string of the molecule is CN(C(=N)N(C)c1ccc2c3c(cccc13)CC2)c1ccc2c(c1)C(O)c1ccccc1-2. The number of aliphatic hydroxyl groups is 1. The number of guanidine groups is 1. The summed E-state index contributed by atoms with van der Waals surface area (Å²) in [5.41, 5.74) is 8.73. The lowest BCUT2D eigenvalue weighted by Crippen LogP contribution is -2.39. The molecule has 4 heteroatoms. The average Bonchev–Trinajstić information content (AvgIpc) is 3.38. The van der Waals surface area contributed by atoms with E-state index >= 15 is 0 Å². The van der Waals surface area contributed by atoms with Crippen LogP contribution in [-0.4, -0.2) is 25.2 Å². The lowest BCUT2D eigenvalue weighted by Gasteiger charge is -2.29. The van der Waals surface area contributed by atoms with Crippen LogP contribution in [0.4, 0.5) is 11.4 Å². The maximum atomic E-state index is 10.9. The van der Waals surface area contributed by atoms with Gasteiger partial charge in [0.15, 0.2) is 0 Å². The van der Waals surface area contributed by atoms with E-state index in [0.29, 0.717) is 5.96 Å². The second-order valence-electron chi connectivity index (χ2n) is 8.79. The largest absolute Gasteiger partial charge is 0.384 e. The summed E-state index contributed by atoms with van der Waals surface area (Å²) in [5, 5.41) is 22.4. The third kappa shape index (κ3) is 2.63. The average molecular weight is 420 g/mol. The van der Waals surface area contributed by atoms with Crippen molar-refractivity contribution in [1.29, 1.82) is 5.41 Å². The second kappa shape index (κ2) is 6.94. The van der Waals surface area contributed by atoms with Gasteiger partial charge in [0.1, 0.15) is 6.10 Å². The Kier molecular flexibility index (Phi) is 4.14. The van der Waals surface area contributed by atoms with E-state index in [2.05, 4.69) is 42.5 Å². The lowest BCUT2D eigenvalue weighted by molar-refractivity contribution is 0.225. The van der Waals surface area contributed by atoms with Gasteiger partial charge < -0.3 is 14.9 Å². The van der Waals surface area contributed by atoms with Crippen LogP contribution in [0.15, 0.2) is 72.8 Å². The molecule has 2 aliphatic rings. The number of nitrogens with zero attached hydrogens (tertiary/aromatic N) is 2. The maximum Gasteiger partial charge on any atom is 0.202 e. The van der Waals surface area contributed by atoms with Crippen molar-refractivity contribution in [3.8, 4) is 11.1 Å². The molecule has 6 rings (SSSR count). The number of hydrogen-bond acceptors (Lipinski definition) is 2. The highest BCUT2D eigenvalue weighted by atomic mass is 16.3. The third-order valence-electron chi connectivity index (χ3n) is 7.11. The Morgan fingerprint density at radius 3 is 2.41 bits per heavy atom. The predicted molar refractivity (Wildman–Crippen MR) is 132 cm³/mol. The highest BCUT2D eigenvalue weighted by molar-refractivity contribution is 6.11. The van der Waals surface area contributed by atoms with Crippen molar-refractivity contribution in [2.75, 3.05) is 23.9 Å². The van der Waals surface area contributed by atoms with Crippen LogP contribution in [0.1, 0.15) is 28.4 Å². The molecule has 32 heavy (non-hydrogen) atoms. The number of fused-ring (bicyclic) bond motifs is 3. The summed E-state index contributed by atoms with van der Waals surface area (Å²) in [7, 11) is 3.87. The summed E-state index contributed by atoms with van der Waals surface area (Å²) in [4.78, 5) is 3.82. The summed E-state index contributed by atoms with van der Waals surface area (Å²) in [5.74, 6) is 0.383. The Bertz CT molecular complexity index is 1400. The van der Waals surface area contributed by atoms with Gasteiger partial charge in [0.05, 0.1) is 5.69 Å². The molecule has 2 aliphatic carbocycles. The molecule has 1 unspecified atom stereocenters. The molecular weight excluding hydrogens is 394 g/mol. The van der Waals surface area contributed by atoms with E-state index in [1.165, 1.54) is 21.9 Å². The van der Waals surface area contributed by atoms with Crippen LogP contribution in [0.2, 0.25) is 0 Å². The molecule has 0 spiro atoms. The Hall–Kier alpha value is -3.63. The molecule has 0 fully saturated rings. The fourth-order valence-corrected chi connectivity index (χ4v) is 5.36. The number of aliphatic hydroxyl groups excluding tert-OH is 1. The van der Waals surface area contributed by atoms with Gasteiger partial charge in [-0.15, -0.1) is 0 Å². The zero-order chi connectivity index (χ0) is 22.0. The summed E-state index contributed by atoms with van der Waals surface area (Å²) in [6, 6.07) is 24.9. The van der Waals surface area contributed by atoms with E-state index in [9.17, 15) is 5.11 Å². The monoisotopic (exact) mass is 419 g/mol. The number of nitrogens with one attached hydrogen (secondary N) is 1. The van der Waals surface area contributed by atoms with Gasteiger partial charge in [-0.3, -0.25) is 5.41 Å². The molecule has 1 atom stereocenters. The molecule has 0 radical (unpaired) electrons. The molecule has 4 nitrogen and oxygen atoms in total. The van der Waals surface area contributed by atoms with Gasteiger partial charge in [-0.2, -0.15) is 0 Å². The molecule has 0 bridgehead atoms. The molecule has 0 saturated heterocycles. The van der Waals surface area contributed by atoms with Crippen LogP contribution in [0.25, 0.3) is 21.9 Å². The molecule has 4 aromatic rings. The van der Waals surface area contributed by atoms with Gasteiger partial charge in [-0.1, -0.05) is 54.6 Å². The minimum absolute atomic E-state index is 0.383.